The van der Waals surface area contributed by atoms with Crippen LogP contribution in [-0.2, 0) is 4.79 Å². The van der Waals surface area contributed by atoms with Gasteiger partial charge >= 0.3 is 0 Å². The highest BCUT2D eigenvalue weighted by Crippen LogP contribution is 2.20. The molecular weight excluding hydrogens is 190 g/mol. The molecule has 0 aromatic carbocycles. The Morgan fingerprint density at radius 2 is 1.87 bits per heavy atom. The van der Waals surface area contributed by atoms with Crippen molar-refractivity contribution in [3.8, 4) is 0 Å². The van der Waals surface area contributed by atoms with Crippen LogP contribution >= 0.6 is 0 Å². The molecule has 2 N–H and O–H groups in total. The summed E-state index contributed by atoms with van der Waals surface area (Å²) in [7, 11) is 5.57. The Morgan fingerprint density at radius 3 is 2.40 bits per heavy atom. The van der Waals surface area contributed by atoms with Gasteiger partial charge in [0.15, 0.2) is 0 Å². The van der Waals surface area contributed by atoms with Gasteiger partial charge in [-0.25, -0.2) is 0 Å². The van der Waals surface area contributed by atoms with Crippen LogP contribution < -0.4 is 5.73 Å². The summed E-state index contributed by atoms with van der Waals surface area (Å²) in [5.74, 6) is 0.148. The van der Waals surface area contributed by atoms with Gasteiger partial charge in [0.1, 0.15) is 0 Å². The van der Waals surface area contributed by atoms with Crippen molar-refractivity contribution in [2.24, 2.45) is 5.73 Å². The van der Waals surface area contributed by atoms with E-state index in [9.17, 15) is 4.79 Å². The van der Waals surface area contributed by atoms with Gasteiger partial charge in [0.2, 0.25) is 5.91 Å². The smallest absolute Gasteiger partial charge is 0.236 e. The molecule has 0 aliphatic heterocycles. The predicted octanol–water partition coefficient (Wildman–Crippen LogP) is 0.276. The van der Waals surface area contributed by atoms with E-state index in [2.05, 4.69) is 4.90 Å². The van der Waals surface area contributed by atoms with Crippen molar-refractivity contribution in [2.75, 3.05) is 27.7 Å². The lowest BCUT2D eigenvalue weighted by molar-refractivity contribution is -0.130. The molecule has 4 heteroatoms. The molecule has 1 rings (SSSR count). The fourth-order valence-electron chi connectivity index (χ4n) is 2.16. The molecule has 0 bridgehead atoms. The SMILES string of the molecule is CN(C)C(=O)CN(C)C1CCCCC1N. The maximum Gasteiger partial charge on any atom is 0.236 e. The van der Waals surface area contributed by atoms with Gasteiger partial charge in [-0.3, -0.25) is 9.69 Å². The normalized spacial score (nSPS) is 26.7. The van der Waals surface area contributed by atoms with Crippen LogP contribution in [-0.4, -0.2) is 55.5 Å². The summed E-state index contributed by atoms with van der Waals surface area (Å²) in [4.78, 5) is 15.3. The highest BCUT2D eigenvalue weighted by atomic mass is 16.2. The Bertz CT molecular complexity index is 218. The molecule has 0 saturated heterocycles. The van der Waals surface area contributed by atoms with E-state index in [1.807, 2.05) is 7.05 Å². The van der Waals surface area contributed by atoms with Gasteiger partial charge in [-0.15, -0.1) is 0 Å². The van der Waals surface area contributed by atoms with Crippen LogP contribution in [0.3, 0.4) is 0 Å². The number of carbonyl (C=O) groups is 1. The number of nitrogens with two attached hydrogens (primary N) is 1. The van der Waals surface area contributed by atoms with E-state index in [0.717, 1.165) is 12.8 Å². The first-order valence-electron chi connectivity index (χ1n) is 5.68. The fourth-order valence-corrected chi connectivity index (χ4v) is 2.16. The second-order valence-electron chi connectivity index (χ2n) is 4.72. The second-order valence-corrected chi connectivity index (χ2v) is 4.72. The lowest BCUT2D eigenvalue weighted by atomic mass is 9.90. The first kappa shape index (κ1) is 12.5. The standard InChI is InChI=1S/C11H23N3O/c1-13(2)11(15)8-14(3)10-7-5-4-6-9(10)12/h9-10H,4-8,12H2,1-3H3. The van der Waals surface area contributed by atoms with Crippen molar-refractivity contribution in [3.05, 3.63) is 0 Å². The molecule has 1 fully saturated rings. The quantitative estimate of drug-likeness (QED) is 0.732. The summed E-state index contributed by atoms with van der Waals surface area (Å²) < 4.78 is 0. The summed E-state index contributed by atoms with van der Waals surface area (Å²) >= 11 is 0. The Labute approximate surface area is 92.4 Å². The largest absolute Gasteiger partial charge is 0.348 e. The van der Waals surface area contributed by atoms with Gasteiger partial charge in [-0.05, 0) is 19.9 Å². The number of hydrogen-bond acceptors (Lipinski definition) is 3. The summed E-state index contributed by atoms with van der Waals surface area (Å²) in [6.45, 7) is 0.478. The molecule has 2 unspecified atom stereocenters. The minimum atomic E-state index is 0.148. The first-order chi connectivity index (χ1) is 7.02. The highest BCUT2D eigenvalue weighted by molar-refractivity contribution is 5.77. The third-order valence-corrected chi connectivity index (χ3v) is 3.23. The minimum Gasteiger partial charge on any atom is -0.348 e. The average Bonchev–Trinajstić information content (AvgIpc) is 2.18. The van der Waals surface area contributed by atoms with E-state index in [1.54, 1.807) is 19.0 Å². The molecule has 4 nitrogen and oxygen atoms in total. The van der Waals surface area contributed by atoms with E-state index in [4.69, 9.17) is 5.73 Å². The monoisotopic (exact) mass is 213 g/mol. The lowest BCUT2D eigenvalue weighted by Gasteiger charge is -2.36. The zero-order chi connectivity index (χ0) is 11.4. The van der Waals surface area contributed by atoms with E-state index in [-0.39, 0.29) is 11.9 Å². The third kappa shape index (κ3) is 3.47. The molecule has 1 aliphatic rings. The summed E-state index contributed by atoms with van der Waals surface area (Å²) in [6, 6.07) is 0.612. The Kier molecular flexibility index (Phi) is 4.54. The van der Waals surface area contributed by atoms with E-state index in [0.29, 0.717) is 12.6 Å². The van der Waals surface area contributed by atoms with E-state index in [1.165, 1.54) is 12.8 Å². The molecule has 88 valence electrons. The van der Waals surface area contributed by atoms with Gasteiger partial charge in [0.25, 0.3) is 0 Å². The summed E-state index contributed by atoms with van der Waals surface area (Å²) in [5, 5.41) is 0. The van der Waals surface area contributed by atoms with Gasteiger partial charge in [0, 0.05) is 26.2 Å². The molecule has 1 aliphatic carbocycles. The predicted molar refractivity (Wildman–Crippen MR) is 61.6 cm³/mol. The van der Waals surface area contributed by atoms with Crippen LogP contribution in [0.5, 0.6) is 0 Å². The van der Waals surface area contributed by atoms with Gasteiger partial charge in [-0.2, -0.15) is 0 Å². The molecule has 0 aromatic heterocycles. The van der Waals surface area contributed by atoms with E-state index >= 15 is 0 Å². The molecule has 0 spiro atoms. The maximum absolute atomic E-state index is 11.5. The van der Waals surface area contributed by atoms with Gasteiger partial charge in [0.05, 0.1) is 6.54 Å². The topological polar surface area (TPSA) is 49.6 Å². The Hall–Kier alpha value is -0.610. The third-order valence-electron chi connectivity index (χ3n) is 3.23. The maximum atomic E-state index is 11.5. The molecule has 15 heavy (non-hydrogen) atoms. The van der Waals surface area contributed by atoms with Gasteiger partial charge in [-0.1, -0.05) is 12.8 Å². The zero-order valence-electron chi connectivity index (χ0n) is 10.1. The lowest BCUT2D eigenvalue weighted by Crippen LogP contribution is -2.50. The molecule has 2 atom stereocenters. The number of likely N-dealkylation sites (N-methyl/N-ethyl adjacent to an activating group) is 2. The molecule has 1 amide bonds. The molecule has 0 heterocycles. The van der Waals surface area contributed by atoms with Crippen molar-refractivity contribution in [1.29, 1.82) is 0 Å². The van der Waals surface area contributed by atoms with Crippen molar-refractivity contribution in [3.63, 3.8) is 0 Å². The Morgan fingerprint density at radius 1 is 1.27 bits per heavy atom. The zero-order valence-corrected chi connectivity index (χ0v) is 10.1. The van der Waals surface area contributed by atoms with Crippen molar-refractivity contribution in [2.45, 2.75) is 37.8 Å². The Balaban J connectivity index is 2.44. The summed E-state index contributed by atoms with van der Waals surface area (Å²) in [6.07, 6.45) is 4.68. The number of rotatable bonds is 3. The molecule has 0 aromatic rings. The van der Waals surface area contributed by atoms with E-state index < -0.39 is 0 Å². The van der Waals surface area contributed by atoms with Crippen LogP contribution in [0.1, 0.15) is 25.7 Å². The van der Waals surface area contributed by atoms with Crippen LogP contribution in [0.4, 0.5) is 0 Å². The summed E-state index contributed by atoms with van der Waals surface area (Å²) in [5.41, 5.74) is 6.07. The molecule has 1 saturated carbocycles. The van der Waals surface area contributed by atoms with Crippen LogP contribution in [0.2, 0.25) is 0 Å². The molecular formula is C11H23N3O. The minimum absolute atomic E-state index is 0.148. The second kappa shape index (κ2) is 5.47. The fraction of sp³-hybridized carbons (Fsp3) is 0.909. The number of nitrogens with zero attached hydrogens (tertiary/aromatic N) is 2. The highest BCUT2D eigenvalue weighted by Gasteiger charge is 2.26. The average molecular weight is 213 g/mol. The first-order valence-corrected chi connectivity index (χ1v) is 5.68. The van der Waals surface area contributed by atoms with Crippen LogP contribution in [0.15, 0.2) is 0 Å². The molecule has 0 radical (unpaired) electrons. The van der Waals surface area contributed by atoms with Crippen molar-refractivity contribution >= 4 is 5.91 Å². The van der Waals surface area contributed by atoms with Crippen molar-refractivity contribution in [1.82, 2.24) is 9.80 Å². The van der Waals surface area contributed by atoms with Crippen LogP contribution in [0, 0.1) is 0 Å². The number of carbonyl (C=O) groups excluding carboxylic acids is 1. The number of hydrogen-bond donors (Lipinski definition) is 1. The van der Waals surface area contributed by atoms with Crippen molar-refractivity contribution < 1.29 is 4.79 Å². The number of amides is 1. The van der Waals surface area contributed by atoms with Gasteiger partial charge < -0.3 is 10.6 Å². The van der Waals surface area contributed by atoms with Crippen LogP contribution in [0.25, 0.3) is 0 Å².